The van der Waals surface area contributed by atoms with Crippen LogP contribution in [0.1, 0.15) is 43.1 Å². The summed E-state index contributed by atoms with van der Waals surface area (Å²) in [5.74, 6) is 0.219. The summed E-state index contributed by atoms with van der Waals surface area (Å²) in [7, 11) is 0. The lowest BCUT2D eigenvalue weighted by atomic mass is 10.1. The normalized spacial score (nSPS) is 14.0. The molecule has 0 unspecified atom stereocenters. The molecule has 7 nitrogen and oxygen atoms in total. The van der Waals surface area contributed by atoms with Gasteiger partial charge in [-0.1, -0.05) is 6.07 Å². The minimum Gasteiger partial charge on any atom is -0.357 e. The molecule has 2 N–H and O–H groups in total. The molecule has 0 atom stereocenters. The van der Waals surface area contributed by atoms with E-state index in [0.717, 1.165) is 37.2 Å². The van der Waals surface area contributed by atoms with Gasteiger partial charge in [0.15, 0.2) is 5.96 Å². The number of benzene rings is 1. The topological polar surface area (TPSA) is 76.2 Å². The van der Waals surface area contributed by atoms with Crippen molar-refractivity contribution in [2.75, 3.05) is 13.1 Å². The van der Waals surface area contributed by atoms with Crippen LogP contribution in [0.25, 0.3) is 0 Å². The van der Waals surface area contributed by atoms with Gasteiger partial charge in [0.1, 0.15) is 11.6 Å². The number of fused-ring (bicyclic) bond motifs is 1. The van der Waals surface area contributed by atoms with Crippen LogP contribution in [0.4, 0.5) is 17.6 Å². The number of hydrogen-bond acceptors (Lipinski definition) is 3. The van der Waals surface area contributed by atoms with Crippen LogP contribution in [0.15, 0.2) is 28.0 Å². The Balaban J connectivity index is 0.00000363. The monoisotopic (exact) mass is 570 g/mol. The quantitative estimate of drug-likeness (QED) is 0.176. The predicted molar refractivity (Wildman–Crippen MR) is 124 cm³/mol. The Kier molecular flexibility index (Phi) is 9.52. The summed E-state index contributed by atoms with van der Waals surface area (Å²) in [6, 6.07) is 2.56. The number of rotatable bonds is 7. The number of nitrogens with zero attached hydrogens (tertiary/aromatic N) is 4. The molecule has 1 aromatic heterocycles. The third kappa shape index (κ3) is 6.69. The number of aromatic nitrogens is 3. The van der Waals surface area contributed by atoms with E-state index >= 15 is 0 Å². The molecular weight excluding hydrogens is 543 g/mol. The second-order valence-electron chi connectivity index (χ2n) is 7.31. The Bertz CT molecular complexity index is 985. The molecule has 0 bridgehead atoms. The van der Waals surface area contributed by atoms with E-state index in [1.165, 1.54) is 4.68 Å². The van der Waals surface area contributed by atoms with Crippen molar-refractivity contribution in [1.29, 1.82) is 0 Å². The summed E-state index contributed by atoms with van der Waals surface area (Å²) in [6.45, 7) is 3.70. The van der Waals surface area contributed by atoms with Gasteiger partial charge in [-0.3, -0.25) is 4.57 Å². The molecule has 0 spiro atoms. The van der Waals surface area contributed by atoms with Gasteiger partial charge in [-0.15, -0.1) is 24.0 Å². The maximum Gasteiger partial charge on any atom is 0.416 e. The van der Waals surface area contributed by atoms with E-state index in [0.29, 0.717) is 44.6 Å². The summed E-state index contributed by atoms with van der Waals surface area (Å²) < 4.78 is 55.9. The number of alkyl halides is 3. The Labute approximate surface area is 200 Å². The molecule has 32 heavy (non-hydrogen) atoms. The smallest absolute Gasteiger partial charge is 0.357 e. The highest BCUT2D eigenvalue weighted by Crippen LogP contribution is 2.32. The summed E-state index contributed by atoms with van der Waals surface area (Å²) in [5.41, 5.74) is -1.25. The molecule has 178 valence electrons. The fraction of sp³-hybridized carbons (Fsp3) is 0.550. The molecule has 1 aromatic carbocycles. The average molecular weight is 570 g/mol. The van der Waals surface area contributed by atoms with Crippen LogP contribution in [0.3, 0.4) is 0 Å². The summed E-state index contributed by atoms with van der Waals surface area (Å²) in [6.07, 6.45) is -1.25. The predicted octanol–water partition coefficient (Wildman–Crippen LogP) is 3.30. The van der Waals surface area contributed by atoms with Crippen molar-refractivity contribution in [3.8, 4) is 0 Å². The number of guanidine groups is 1. The first-order valence-corrected chi connectivity index (χ1v) is 10.3. The number of halogens is 5. The van der Waals surface area contributed by atoms with Gasteiger partial charge in [0, 0.05) is 32.6 Å². The first-order chi connectivity index (χ1) is 14.8. The van der Waals surface area contributed by atoms with E-state index in [-0.39, 0.29) is 41.8 Å². The van der Waals surface area contributed by atoms with E-state index in [2.05, 4.69) is 20.7 Å². The Morgan fingerprint density at radius 2 is 2.03 bits per heavy atom. The zero-order valence-corrected chi connectivity index (χ0v) is 20.0. The van der Waals surface area contributed by atoms with Crippen molar-refractivity contribution in [1.82, 2.24) is 25.0 Å². The minimum absolute atomic E-state index is 0. The Morgan fingerprint density at radius 3 is 2.72 bits per heavy atom. The second kappa shape index (κ2) is 11.7. The molecule has 2 heterocycles. The van der Waals surface area contributed by atoms with Gasteiger partial charge >= 0.3 is 11.9 Å². The van der Waals surface area contributed by atoms with Gasteiger partial charge in [-0.25, -0.2) is 18.9 Å². The second-order valence-corrected chi connectivity index (χ2v) is 7.31. The third-order valence-corrected chi connectivity index (χ3v) is 5.00. The van der Waals surface area contributed by atoms with Crippen LogP contribution >= 0.6 is 24.0 Å². The molecule has 0 saturated carbocycles. The van der Waals surface area contributed by atoms with E-state index < -0.39 is 17.6 Å². The number of hydrogen-bond donors (Lipinski definition) is 2. The van der Waals surface area contributed by atoms with E-state index in [4.69, 9.17) is 0 Å². The van der Waals surface area contributed by atoms with Gasteiger partial charge in [-0.2, -0.15) is 18.3 Å². The fourth-order valence-electron chi connectivity index (χ4n) is 3.49. The molecule has 0 radical (unpaired) electrons. The molecule has 1 aliphatic rings. The van der Waals surface area contributed by atoms with Gasteiger partial charge in [0.2, 0.25) is 0 Å². The van der Waals surface area contributed by atoms with Crippen molar-refractivity contribution in [2.24, 2.45) is 4.99 Å². The first-order valence-electron chi connectivity index (χ1n) is 10.3. The van der Waals surface area contributed by atoms with Crippen molar-refractivity contribution in [3.63, 3.8) is 0 Å². The van der Waals surface area contributed by atoms with Crippen LogP contribution in [0.2, 0.25) is 0 Å². The number of aliphatic imine (C=N–C) groups is 1. The molecule has 3 rings (SSSR count). The summed E-state index contributed by atoms with van der Waals surface area (Å²) in [4.78, 5) is 16.5. The fourth-order valence-corrected chi connectivity index (χ4v) is 3.49. The molecule has 12 heteroatoms. The third-order valence-electron chi connectivity index (χ3n) is 5.00. The van der Waals surface area contributed by atoms with Gasteiger partial charge in [0.05, 0.1) is 12.1 Å². The summed E-state index contributed by atoms with van der Waals surface area (Å²) in [5, 5.41) is 10.4. The van der Waals surface area contributed by atoms with Crippen LogP contribution in [-0.2, 0) is 32.2 Å². The zero-order chi connectivity index (χ0) is 22.4. The molecule has 2 aromatic rings. The molecule has 0 aliphatic carbocycles. The van der Waals surface area contributed by atoms with Crippen LogP contribution < -0.4 is 16.3 Å². The van der Waals surface area contributed by atoms with E-state index in [9.17, 15) is 22.4 Å². The standard InChI is InChI=1S/C20H26F4N6O.HI/c1-2-25-18(27-13-14-7-8-15(21)12-16(14)20(22,23)24)26-9-5-11-30-19(31)29-10-4-3-6-17(29)28-30;/h7-8,12H,2-6,9-11,13H2,1H3,(H2,25,26,27);1H. The molecule has 0 fully saturated rings. The summed E-state index contributed by atoms with van der Waals surface area (Å²) >= 11 is 0. The largest absolute Gasteiger partial charge is 0.416 e. The molecule has 0 amide bonds. The van der Waals surface area contributed by atoms with Gasteiger partial charge in [0.25, 0.3) is 0 Å². The van der Waals surface area contributed by atoms with Crippen LogP contribution in [0, 0.1) is 5.82 Å². The van der Waals surface area contributed by atoms with Gasteiger partial charge < -0.3 is 10.6 Å². The number of aryl methyl sites for hydroxylation is 2. The van der Waals surface area contributed by atoms with Crippen molar-refractivity contribution < 1.29 is 17.6 Å². The number of nitrogens with one attached hydrogen (secondary N) is 2. The maximum absolute atomic E-state index is 13.3. The highest BCUT2D eigenvalue weighted by Gasteiger charge is 2.33. The molecular formula is C20H27F4IN6O. The van der Waals surface area contributed by atoms with Crippen LogP contribution in [-0.4, -0.2) is 33.4 Å². The zero-order valence-electron chi connectivity index (χ0n) is 17.7. The highest BCUT2D eigenvalue weighted by molar-refractivity contribution is 14.0. The van der Waals surface area contributed by atoms with Gasteiger partial charge in [-0.05, 0) is 43.9 Å². The average Bonchev–Trinajstić information content (AvgIpc) is 3.05. The minimum atomic E-state index is -4.66. The lowest BCUT2D eigenvalue weighted by Crippen LogP contribution is -2.38. The lowest BCUT2D eigenvalue weighted by molar-refractivity contribution is -0.138. The van der Waals surface area contributed by atoms with E-state index in [1.54, 1.807) is 4.57 Å². The maximum atomic E-state index is 13.3. The molecule has 0 saturated heterocycles. The van der Waals surface area contributed by atoms with Crippen molar-refractivity contribution >= 4 is 29.9 Å². The Hall–Kier alpha value is -2.12. The van der Waals surface area contributed by atoms with Crippen molar-refractivity contribution in [2.45, 2.75) is 58.4 Å². The Morgan fingerprint density at radius 1 is 1.25 bits per heavy atom. The highest BCUT2D eigenvalue weighted by atomic mass is 127. The van der Waals surface area contributed by atoms with Crippen LogP contribution in [0.5, 0.6) is 0 Å². The first kappa shape index (κ1) is 26.1. The lowest BCUT2D eigenvalue weighted by Gasteiger charge is -2.14. The van der Waals surface area contributed by atoms with E-state index in [1.807, 2.05) is 6.92 Å². The SMILES string of the molecule is CCNC(=NCc1ccc(F)cc1C(F)(F)F)NCCCn1nc2n(c1=O)CCCC2.I. The van der Waals surface area contributed by atoms with Crippen molar-refractivity contribution in [3.05, 3.63) is 51.5 Å². The molecule has 1 aliphatic heterocycles.